The van der Waals surface area contributed by atoms with Crippen LogP contribution in [0.5, 0.6) is 0 Å². The number of halogens is 1. The molecular formula is C17H14BrNO3. The number of amides is 1. The molecule has 0 bridgehead atoms. The number of aryl methyl sites for hydroxylation is 1. The standard InChI is InChI=1S/C17H14BrNO3/c1-10-4-2-3-5-12(10)15(20)9-17(22)13-8-11(18)6-7-14(13)19-16(17)21/h2-8,22H,9H2,1H3,(H,19,21)/t17-/m1/s1. The molecule has 1 aliphatic rings. The Balaban J connectivity index is 1.98. The summed E-state index contributed by atoms with van der Waals surface area (Å²) >= 11 is 3.32. The van der Waals surface area contributed by atoms with E-state index >= 15 is 0 Å². The topological polar surface area (TPSA) is 66.4 Å². The minimum absolute atomic E-state index is 0.261. The zero-order chi connectivity index (χ0) is 15.9. The summed E-state index contributed by atoms with van der Waals surface area (Å²) in [7, 11) is 0. The third kappa shape index (κ3) is 2.36. The molecule has 2 aromatic rings. The molecule has 5 heteroatoms. The number of ketones is 1. The highest BCUT2D eigenvalue weighted by Gasteiger charge is 2.46. The van der Waals surface area contributed by atoms with Crippen LogP contribution >= 0.6 is 15.9 Å². The van der Waals surface area contributed by atoms with Crippen LogP contribution in [-0.4, -0.2) is 16.8 Å². The number of nitrogens with one attached hydrogen (secondary N) is 1. The largest absolute Gasteiger partial charge is 0.375 e. The minimum Gasteiger partial charge on any atom is -0.375 e. The van der Waals surface area contributed by atoms with Crippen molar-refractivity contribution in [3.05, 3.63) is 63.6 Å². The number of fused-ring (bicyclic) bond motifs is 1. The number of hydrogen-bond donors (Lipinski definition) is 2. The van der Waals surface area contributed by atoms with Crippen LogP contribution in [0.2, 0.25) is 0 Å². The molecule has 112 valence electrons. The van der Waals surface area contributed by atoms with Crippen molar-refractivity contribution < 1.29 is 14.7 Å². The van der Waals surface area contributed by atoms with E-state index in [0.717, 1.165) is 10.0 Å². The Morgan fingerprint density at radius 1 is 1.27 bits per heavy atom. The van der Waals surface area contributed by atoms with Gasteiger partial charge in [0.1, 0.15) is 0 Å². The smallest absolute Gasteiger partial charge is 0.261 e. The van der Waals surface area contributed by atoms with Crippen molar-refractivity contribution in [1.29, 1.82) is 0 Å². The molecule has 22 heavy (non-hydrogen) atoms. The van der Waals surface area contributed by atoms with Gasteiger partial charge in [-0.3, -0.25) is 9.59 Å². The summed E-state index contributed by atoms with van der Waals surface area (Å²) < 4.78 is 0.740. The van der Waals surface area contributed by atoms with Gasteiger partial charge in [-0.1, -0.05) is 40.2 Å². The van der Waals surface area contributed by atoms with Crippen LogP contribution in [0.25, 0.3) is 0 Å². The molecule has 2 aromatic carbocycles. The molecule has 1 heterocycles. The second kappa shape index (κ2) is 5.34. The average Bonchev–Trinajstić information content (AvgIpc) is 2.71. The first-order valence-electron chi connectivity index (χ1n) is 6.84. The van der Waals surface area contributed by atoms with Crippen LogP contribution in [0.4, 0.5) is 5.69 Å². The Kier molecular flexibility index (Phi) is 3.62. The van der Waals surface area contributed by atoms with E-state index in [-0.39, 0.29) is 12.2 Å². The highest BCUT2D eigenvalue weighted by atomic mass is 79.9. The Labute approximate surface area is 136 Å². The molecule has 1 atom stereocenters. The minimum atomic E-state index is -1.83. The van der Waals surface area contributed by atoms with E-state index in [4.69, 9.17) is 0 Å². The molecule has 1 aliphatic heterocycles. The van der Waals surface area contributed by atoms with Crippen molar-refractivity contribution >= 4 is 33.3 Å². The van der Waals surface area contributed by atoms with Gasteiger partial charge in [-0.2, -0.15) is 0 Å². The van der Waals surface area contributed by atoms with Gasteiger partial charge in [0.05, 0.1) is 6.42 Å². The third-order valence-electron chi connectivity index (χ3n) is 3.91. The summed E-state index contributed by atoms with van der Waals surface area (Å²) in [5.41, 5.74) is 0.469. The maximum absolute atomic E-state index is 12.5. The van der Waals surface area contributed by atoms with E-state index in [1.807, 2.05) is 19.1 Å². The van der Waals surface area contributed by atoms with E-state index in [1.54, 1.807) is 30.3 Å². The van der Waals surface area contributed by atoms with Crippen LogP contribution < -0.4 is 5.32 Å². The number of carbonyl (C=O) groups excluding carboxylic acids is 2. The normalized spacial score (nSPS) is 19.7. The summed E-state index contributed by atoms with van der Waals surface area (Å²) in [6.07, 6.45) is -0.285. The lowest BCUT2D eigenvalue weighted by molar-refractivity contribution is -0.133. The van der Waals surface area contributed by atoms with Crippen molar-refractivity contribution in [3.63, 3.8) is 0 Å². The molecule has 0 aromatic heterocycles. The van der Waals surface area contributed by atoms with Crippen molar-refractivity contribution in [2.24, 2.45) is 0 Å². The van der Waals surface area contributed by atoms with E-state index in [2.05, 4.69) is 21.2 Å². The Morgan fingerprint density at radius 2 is 2.00 bits per heavy atom. The van der Waals surface area contributed by atoms with Gasteiger partial charge in [-0.15, -0.1) is 0 Å². The lowest BCUT2D eigenvalue weighted by Crippen LogP contribution is -2.36. The average molecular weight is 360 g/mol. The summed E-state index contributed by atoms with van der Waals surface area (Å²) in [5, 5.41) is 13.4. The van der Waals surface area contributed by atoms with Gasteiger partial charge in [-0.05, 0) is 30.7 Å². The molecular weight excluding hydrogens is 346 g/mol. The van der Waals surface area contributed by atoms with Gasteiger partial charge in [-0.25, -0.2) is 0 Å². The molecule has 0 fully saturated rings. The van der Waals surface area contributed by atoms with E-state index in [0.29, 0.717) is 16.8 Å². The molecule has 3 rings (SSSR count). The van der Waals surface area contributed by atoms with Gasteiger partial charge in [0.25, 0.3) is 5.91 Å². The number of hydrogen-bond acceptors (Lipinski definition) is 3. The maximum Gasteiger partial charge on any atom is 0.261 e. The molecule has 1 amide bonds. The molecule has 0 spiro atoms. The van der Waals surface area contributed by atoms with Gasteiger partial charge in [0.15, 0.2) is 11.4 Å². The number of carbonyl (C=O) groups is 2. The van der Waals surface area contributed by atoms with E-state index < -0.39 is 11.5 Å². The molecule has 2 N–H and O–H groups in total. The monoisotopic (exact) mass is 359 g/mol. The molecule has 0 radical (unpaired) electrons. The lowest BCUT2D eigenvalue weighted by Gasteiger charge is -2.20. The fourth-order valence-corrected chi connectivity index (χ4v) is 3.07. The first-order chi connectivity index (χ1) is 10.4. The Morgan fingerprint density at radius 3 is 2.73 bits per heavy atom. The Hall–Kier alpha value is -1.98. The molecule has 0 saturated heterocycles. The first-order valence-corrected chi connectivity index (χ1v) is 7.64. The number of anilines is 1. The van der Waals surface area contributed by atoms with Gasteiger partial charge in [0.2, 0.25) is 0 Å². The van der Waals surface area contributed by atoms with Crippen molar-refractivity contribution in [1.82, 2.24) is 0 Å². The zero-order valence-electron chi connectivity index (χ0n) is 11.9. The lowest BCUT2D eigenvalue weighted by atomic mass is 9.87. The number of Topliss-reactive ketones (excluding diaryl/α,β-unsaturated/α-hetero) is 1. The Bertz CT molecular complexity index is 787. The quantitative estimate of drug-likeness (QED) is 0.827. The first kappa shape index (κ1) is 14.9. The van der Waals surface area contributed by atoms with Gasteiger partial charge < -0.3 is 10.4 Å². The SMILES string of the molecule is Cc1ccccc1C(=O)C[C@]1(O)C(=O)Nc2ccc(Br)cc21. The summed E-state index contributed by atoms with van der Waals surface area (Å²) in [5.74, 6) is -0.828. The van der Waals surface area contributed by atoms with Gasteiger partial charge in [0, 0.05) is 21.3 Å². The third-order valence-corrected chi connectivity index (χ3v) is 4.41. The van der Waals surface area contributed by atoms with E-state index in [9.17, 15) is 14.7 Å². The fourth-order valence-electron chi connectivity index (χ4n) is 2.70. The zero-order valence-corrected chi connectivity index (χ0v) is 13.5. The van der Waals surface area contributed by atoms with Crippen LogP contribution in [0.3, 0.4) is 0 Å². The highest BCUT2D eigenvalue weighted by molar-refractivity contribution is 9.10. The molecule has 4 nitrogen and oxygen atoms in total. The molecule has 0 aliphatic carbocycles. The fraction of sp³-hybridized carbons (Fsp3) is 0.176. The van der Waals surface area contributed by atoms with Crippen LogP contribution in [0, 0.1) is 6.92 Å². The summed E-state index contributed by atoms with van der Waals surface area (Å²) in [6.45, 7) is 1.83. The molecule has 0 unspecified atom stereocenters. The highest BCUT2D eigenvalue weighted by Crippen LogP contribution is 2.40. The summed E-state index contributed by atoms with van der Waals surface area (Å²) in [4.78, 5) is 24.7. The predicted molar refractivity (Wildman–Crippen MR) is 86.8 cm³/mol. The van der Waals surface area contributed by atoms with Crippen molar-refractivity contribution in [2.45, 2.75) is 18.9 Å². The van der Waals surface area contributed by atoms with Crippen molar-refractivity contribution in [2.75, 3.05) is 5.32 Å². The summed E-state index contributed by atoms with van der Waals surface area (Å²) in [6, 6.07) is 12.3. The van der Waals surface area contributed by atoms with Crippen LogP contribution in [0.15, 0.2) is 46.9 Å². The maximum atomic E-state index is 12.5. The van der Waals surface area contributed by atoms with Crippen LogP contribution in [-0.2, 0) is 10.4 Å². The number of aliphatic hydroxyl groups is 1. The predicted octanol–water partition coefficient (Wildman–Crippen LogP) is 3.17. The van der Waals surface area contributed by atoms with E-state index in [1.165, 1.54) is 0 Å². The van der Waals surface area contributed by atoms with Crippen molar-refractivity contribution in [3.8, 4) is 0 Å². The molecule has 0 saturated carbocycles. The second-order valence-corrected chi connectivity index (χ2v) is 6.33. The number of benzene rings is 2. The number of rotatable bonds is 3. The van der Waals surface area contributed by atoms with Crippen LogP contribution in [0.1, 0.15) is 27.9 Å². The van der Waals surface area contributed by atoms with Gasteiger partial charge >= 0.3 is 0 Å². The second-order valence-electron chi connectivity index (χ2n) is 5.42.